The standard InChI is InChI=1S/C20H19BrN6OS/c1-12-10-26(11-22-12)15-6-5-14(23-20(15)28-2)18-24-19-13(4-3-9-27(19)25-18)16-7-8-17(21)29-16/h5-8,10-11,13H,3-4,9H2,1-2H3. The number of pyridine rings is 1. The zero-order chi connectivity index (χ0) is 20.0. The molecule has 0 aliphatic carbocycles. The summed E-state index contributed by atoms with van der Waals surface area (Å²) in [6, 6.07) is 8.17. The van der Waals surface area contributed by atoms with E-state index in [0.29, 0.717) is 17.4 Å². The first-order valence-electron chi connectivity index (χ1n) is 9.38. The molecule has 0 saturated heterocycles. The van der Waals surface area contributed by atoms with E-state index in [9.17, 15) is 0 Å². The molecule has 0 bridgehead atoms. The molecule has 0 radical (unpaired) electrons. The Kier molecular flexibility index (Phi) is 4.71. The highest BCUT2D eigenvalue weighted by Gasteiger charge is 2.27. The van der Waals surface area contributed by atoms with Gasteiger partial charge < -0.3 is 9.30 Å². The van der Waals surface area contributed by atoms with Gasteiger partial charge in [-0.25, -0.2) is 19.6 Å². The van der Waals surface area contributed by atoms with Gasteiger partial charge in [0.25, 0.3) is 0 Å². The summed E-state index contributed by atoms with van der Waals surface area (Å²) in [5.41, 5.74) is 2.48. The van der Waals surface area contributed by atoms with Crippen molar-refractivity contribution in [3.05, 3.63) is 57.0 Å². The van der Waals surface area contributed by atoms with Crippen molar-refractivity contribution in [2.75, 3.05) is 7.11 Å². The Hall–Kier alpha value is -2.52. The van der Waals surface area contributed by atoms with Crippen LogP contribution in [0.4, 0.5) is 0 Å². The number of halogens is 1. The molecule has 5 heterocycles. The summed E-state index contributed by atoms with van der Waals surface area (Å²) in [6.45, 7) is 2.84. The van der Waals surface area contributed by atoms with Crippen molar-refractivity contribution in [1.82, 2.24) is 29.3 Å². The number of thiophene rings is 1. The molecular weight excluding hydrogens is 452 g/mol. The second kappa shape index (κ2) is 7.38. The van der Waals surface area contributed by atoms with Crippen LogP contribution in [0.5, 0.6) is 5.88 Å². The monoisotopic (exact) mass is 470 g/mol. The maximum Gasteiger partial charge on any atom is 0.238 e. The van der Waals surface area contributed by atoms with Crippen molar-refractivity contribution in [1.29, 1.82) is 0 Å². The average molecular weight is 471 g/mol. The largest absolute Gasteiger partial charge is 0.479 e. The maximum absolute atomic E-state index is 5.54. The van der Waals surface area contributed by atoms with Gasteiger partial charge in [0.15, 0.2) is 5.82 Å². The van der Waals surface area contributed by atoms with Gasteiger partial charge in [0, 0.05) is 17.6 Å². The van der Waals surface area contributed by atoms with E-state index in [-0.39, 0.29) is 5.92 Å². The molecule has 0 amide bonds. The Bertz CT molecular complexity index is 1180. The summed E-state index contributed by atoms with van der Waals surface area (Å²) >= 11 is 5.33. The van der Waals surface area contributed by atoms with Crippen LogP contribution in [0.1, 0.15) is 35.2 Å². The number of rotatable bonds is 4. The van der Waals surface area contributed by atoms with Crippen LogP contribution < -0.4 is 4.74 Å². The lowest BCUT2D eigenvalue weighted by molar-refractivity contribution is 0.396. The van der Waals surface area contributed by atoms with E-state index >= 15 is 0 Å². The topological polar surface area (TPSA) is 70.7 Å². The van der Waals surface area contributed by atoms with Crippen molar-refractivity contribution in [2.24, 2.45) is 0 Å². The Morgan fingerprint density at radius 2 is 2.10 bits per heavy atom. The SMILES string of the molecule is COc1nc(-c2nc3n(n2)CCCC3c2ccc(Br)s2)ccc1-n1cnc(C)c1. The van der Waals surface area contributed by atoms with E-state index in [1.54, 1.807) is 24.8 Å². The van der Waals surface area contributed by atoms with Crippen molar-refractivity contribution >= 4 is 27.3 Å². The zero-order valence-corrected chi connectivity index (χ0v) is 18.4. The fourth-order valence-electron chi connectivity index (χ4n) is 3.70. The fourth-order valence-corrected chi connectivity index (χ4v) is 5.26. The lowest BCUT2D eigenvalue weighted by Crippen LogP contribution is -2.17. The summed E-state index contributed by atoms with van der Waals surface area (Å²) in [5, 5.41) is 4.75. The minimum Gasteiger partial charge on any atom is -0.479 e. The molecule has 4 aromatic rings. The van der Waals surface area contributed by atoms with Gasteiger partial charge in [0.1, 0.15) is 17.2 Å². The first-order valence-corrected chi connectivity index (χ1v) is 11.0. The zero-order valence-electron chi connectivity index (χ0n) is 16.0. The minimum absolute atomic E-state index is 0.274. The molecule has 7 nitrogen and oxygen atoms in total. The van der Waals surface area contributed by atoms with Gasteiger partial charge in [0.05, 0.1) is 28.8 Å². The van der Waals surface area contributed by atoms with E-state index in [2.05, 4.69) is 38.0 Å². The van der Waals surface area contributed by atoms with Gasteiger partial charge >= 0.3 is 0 Å². The number of imidazole rings is 1. The Morgan fingerprint density at radius 1 is 1.21 bits per heavy atom. The van der Waals surface area contributed by atoms with Gasteiger partial charge in [-0.15, -0.1) is 16.4 Å². The first-order chi connectivity index (χ1) is 14.1. The molecule has 5 rings (SSSR count). The van der Waals surface area contributed by atoms with Crippen LogP contribution in [0.15, 0.2) is 40.6 Å². The molecule has 29 heavy (non-hydrogen) atoms. The molecule has 0 spiro atoms. The first kappa shape index (κ1) is 18.5. The molecule has 148 valence electrons. The lowest BCUT2D eigenvalue weighted by atomic mass is 9.97. The third-order valence-electron chi connectivity index (χ3n) is 5.06. The van der Waals surface area contributed by atoms with Crippen LogP contribution in [0.3, 0.4) is 0 Å². The van der Waals surface area contributed by atoms with E-state index in [4.69, 9.17) is 14.8 Å². The number of hydrogen-bond acceptors (Lipinski definition) is 6. The number of methoxy groups -OCH3 is 1. The minimum atomic E-state index is 0.274. The van der Waals surface area contributed by atoms with Crippen LogP contribution in [-0.4, -0.2) is 36.4 Å². The van der Waals surface area contributed by atoms with Crippen molar-refractivity contribution in [2.45, 2.75) is 32.2 Å². The van der Waals surface area contributed by atoms with Crippen LogP contribution in [0.25, 0.3) is 17.2 Å². The molecule has 0 saturated carbocycles. The average Bonchev–Trinajstić information content (AvgIpc) is 3.46. The van der Waals surface area contributed by atoms with Crippen molar-refractivity contribution in [3.63, 3.8) is 0 Å². The smallest absolute Gasteiger partial charge is 0.238 e. The Labute approximate surface area is 180 Å². The number of aryl methyl sites for hydroxylation is 2. The molecule has 1 aliphatic heterocycles. The third kappa shape index (κ3) is 3.38. The Balaban J connectivity index is 1.53. The highest BCUT2D eigenvalue weighted by molar-refractivity contribution is 9.11. The molecule has 1 aliphatic rings. The highest BCUT2D eigenvalue weighted by atomic mass is 79.9. The van der Waals surface area contributed by atoms with E-state index in [1.807, 2.05) is 34.5 Å². The van der Waals surface area contributed by atoms with Crippen molar-refractivity contribution < 1.29 is 4.74 Å². The predicted octanol–water partition coefficient (Wildman–Crippen LogP) is 4.59. The van der Waals surface area contributed by atoms with Crippen molar-refractivity contribution in [3.8, 4) is 23.1 Å². The molecule has 1 atom stereocenters. The van der Waals surface area contributed by atoms with Crippen LogP contribution in [0, 0.1) is 6.92 Å². The van der Waals surface area contributed by atoms with Crippen LogP contribution >= 0.6 is 27.3 Å². The molecular formula is C20H19BrN6OS. The molecule has 0 fully saturated rings. The van der Waals surface area contributed by atoms with Gasteiger partial charge in [-0.3, -0.25) is 0 Å². The summed E-state index contributed by atoms with van der Waals surface area (Å²) in [5.74, 6) is 2.44. The van der Waals surface area contributed by atoms with Crippen LogP contribution in [-0.2, 0) is 6.54 Å². The molecule has 9 heteroatoms. The van der Waals surface area contributed by atoms with E-state index < -0.39 is 0 Å². The Morgan fingerprint density at radius 3 is 2.83 bits per heavy atom. The molecule has 0 N–H and O–H groups in total. The molecule has 1 unspecified atom stereocenters. The summed E-state index contributed by atoms with van der Waals surface area (Å²) in [7, 11) is 1.62. The van der Waals surface area contributed by atoms with Gasteiger partial charge in [-0.05, 0) is 60.0 Å². The second-order valence-electron chi connectivity index (χ2n) is 7.00. The predicted molar refractivity (Wildman–Crippen MR) is 115 cm³/mol. The lowest BCUT2D eigenvalue weighted by Gasteiger charge is -2.20. The molecule has 0 aromatic carbocycles. The number of fused-ring (bicyclic) bond motifs is 1. The van der Waals surface area contributed by atoms with Gasteiger partial charge in [0.2, 0.25) is 5.88 Å². The van der Waals surface area contributed by atoms with Crippen LogP contribution in [0.2, 0.25) is 0 Å². The summed E-state index contributed by atoms with van der Waals surface area (Å²) in [4.78, 5) is 15.1. The maximum atomic E-state index is 5.54. The normalized spacial score (nSPS) is 16.0. The number of ether oxygens (including phenoxy) is 1. The quantitative estimate of drug-likeness (QED) is 0.436. The van der Waals surface area contributed by atoms with Gasteiger partial charge in [-0.2, -0.15) is 0 Å². The summed E-state index contributed by atoms with van der Waals surface area (Å²) < 4.78 is 10.6. The fraction of sp³-hybridized carbons (Fsp3) is 0.300. The number of hydrogen-bond donors (Lipinski definition) is 0. The highest BCUT2D eigenvalue weighted by Crippen LogP contribution is 2.38. The number of nitrogens with zero attached hydrogens (tertiary/aromatic N) is 6. The molecule has 4 aromatic heterocycles. The number of aromatic nitrogens is 6. The second-order valence-corrected chi connectivity index (χ2v) is 9.50. The summed E-state index contributed by atoms with van der Waals surface area (Å²) in [6.07, 6.45) is 5.87. The third-order valence-corrected chi connectivity index (χ3v) is 6.80. The van der Waals surface area contributed by atoms with Gasteiger partial charge in [-0.1, -0.05) is 0 Å². The van der Waals surface area contributed by atoms with E-state index in [1.165, 1.54) is 4.88 Å². The van der Waals surface area contributed by atoms with E-state index in [0.717, 1.165) is 40.4 Å².